The van der Waals surface area contributed by atoms with Gasteiger partial charge in [0.05, 0.1) is 24.5 Å². The van der Waals surface area contributed by atoms with Crippen molar-refractivity contribution in [3.8, 4) is 11.3 Å². The molecule has 11 heteroatoms. The molecule has 0 amide bonds. The number of aryl methyl sites for hydroxylation is 2. The van der Waals surface area contributed by atoms with Gasteiger partial charge in [-0.25, -0.2) is 23.4 Å². The van der Waals surface area contributed by atoms with Gasteiger partial charge in [-0.05, 0) is 44.5 Å². The highest BCUT2D eigenvalue weighted by atomic mass is 19.3. The van der Waals surface area contributed by atoms with E-state index in [1.165, 1.54) is 24.5 Å². The van der Waals surface area contributed by atoms with E-state index in [-0.39, 0.29) is 24.2 Å². The van der Waals surface area contributed by atoms with E-state index in [4.69, 9.17) is 4.74 Å². The molecule has 7 nitrogen and oxygen atoms in total. The Morgan fingerprint density at radius 3 is 2.57 bits per heavy atom. The number of hydrogen-bond donors (Lipinski definition) is 0. The predicted octanol–water partition coefficient (Wildman–Crippen LogP) is 5.14. The molecule has 4 aromatic rings. The van der Waals surface area contributed by atoms with Crippen molar-refractivity contribution in [2.24, 2.45) is 0 Å². The fraction of sp³-hybridized carbons (Fsp3) is 0.333. The highest BCUT2D eigenvalue weighted by Crippen LogP contribution is 2.33. The van der Waals surface area contributed by atoms with Crippen LogP contribution in [0.15, 0.2) is 36.7 Å². The number of ether oxygens (including phenoxy) is 1. The minimum Gasteiger partial charge on any atom is -0.367 e. The van der Waals surface area contributed by atoms with Gasteiger partial charge in [0, 0.05) is 41.0 Å². The summed E-state index contributed by atoms with van der Waals surface area (Å²) in [6, 6.07) is 5.16. The van der Waals surface area contributed by atoms with Crippen LogP contribution in [0.2, 0.25) is 0 Å². The Hall–Kier alpha value is -3.60. The summed E-state index contributed by atoms with van der Waals surface area (Å²) in [7, 11) is 0. The molecule has 3 aromatic heterocycles. The fourth-order valence-corrected chi connectivity index (χ4v) is 4.19. The average Bonchev–Trinajstić information content (AvgIpc) is 3.30. The molecule has 0 spiro atoms. The molecule has 0 unspecified atom stereocenters. The molecule has 0 aliphatic carbocycles. The number of benzene rings is 1. The Morgan fingerprint density at radius 1 is 1.06 bits per heavy atom. The Kier molecular flexibility index (Phi) is 5.87. The normalized spacial score (nSPS) is 18.6. The van der Waals surface area contributed by atoms with Crippen molar-refractivity contribution in [2.45, 2.75) is 39.5 Å². The summed E-state index contributed by atoms with van der Waals surface area (Å²) >= 11 is 0. The van der Waals surface area contributed by atoms with Gasteiger partial charge >= 0.3 is 6.55 Å². The zero-order valence-corrected chi connectivity index (χ0v) is 19.2. The lowest BCUT2D eigenvalue weighted by molar-refractivity contribution is -0.0181. The SMILES string of the molecule is Cc1cc2c(-c3ccc(F)cc3F)nc(N3C[C@@H](C)O[C@H](c4cnn(C(F)F)c4)C3)nc2nc1C. The van der Waals surface area contributed by atoms with Crippen LogP contribution in [-0.2, 0) is 4.74 Å². The molecule has 1 saturated heterocycles. The van der Waals surface area contributed by atoms with Crippen molar-refractivity contribution in [3.05, 3.63) is 65.1 Å². The number of rotatable bonds is 4. The molecule has 1 aliphatic rings. The smallest absolute Gasteiger partial charge is 0.333 e. The molecule has 0 N–H and O–H groups in total. The highest BCUT2D eigenvalue weighted by molar-refractivity contribution is 5.92. The Morgan fingerprint density at radius 2 is 1.86 bits per heavy atom. The van der Waals surface area contributed by atoms with Crippen LogP contribution in [0, 0.1) is 25.5 Å². The largest absolute Gasteiger partial charge is 0.367 e. The van der Waals surface area contributed by atoms with Crippen LogP contribution in [0.3, 0.4) is 0 Å². The summed E-state index contributed by atoms with van der Waals surface area (Å²) in [6.07, 6.45) is 1.77. The minimum absolute atomic E-state index is 0.126. The molecule has 0 bridgehead atoms. The van der Waals surface area contributed by atoms with Gasteiger partial charge < -0.3 is 9.64 Å². The molecule has 4 heterocycles. The van der Waals surface area contributed by atoms with Gasteiger partial charge in [0.2, 0.25) is 5.95 Å². The van der Waals surface area contributed by atoms with Crippen molar-refractivity contribution in [3.63, 3.8) is 0 Å². The van der Waals surface area contributed by atoms with Crippen LogP contribution < -0.4 is 4.90 Å². The second kappa shape index (κ2) is 8.88. The monoisotopic (exact) mass is 486 g/mol. The van der Waals surface area contributed by atoms with Crippen molar-refractivity contribution < 1.29 is 22.3 Å². The molecule has 1 aliphatic heterocycles. The summed E-state index contributed by atoms with van der Waals surface area (Å²) in [5.74, 6) is -1.15. The number of hydrogen-bond acceptors (Lipinski definition) is 6. The van der Waals surface area contributed by atoms with E-state index >= 15 is 0 Å². The van der Waals surface area contributed by atoms with Crippen molar-refractivity contribution in [2.75, 3.05) is 18.0 Å². The lowest BCUT2D eigenvalue weighted by Gasteiger charge is -2.36. The maximum atomic E-state index is 14.8. The predicted molar refractivity (Wildman–Crippen MR) is 121 cm³/mol. The highest BCUT2D eigenvalue weighted by Gasteiger charge is 2.30. The van der Waals surface area contributed by atoms with Crippen LogP contribution >= 0.6 is 0 Å². The zero-order valence-electron chi connectivity index (χ0n) is 19.2. The zero-order chi connectivity index (χ0) is 24.9. The third-order valence-corrected chi connectivity index (χ3v) is 6.04. The lowest BCUT2D eigenvalue weighted by Crippen LogP contribution is -2.43. The fourth-order valence-electron chi connectivity index (χ4n) is 4.19. The first kappa shape index (κ1) is 23.2. The van der Waals surface area contributed by atoms with Crippen LogP contribution in [-0.4, -0.2) is 43.9 Å². The van der Waals surface area contributed by atoms with Crippen molar-refractivity contribution >= 4 is 17.0 Å². The molecule has 0 saturated carbocycles. The second-order valence-electron chi connectivity index (χ2n) is 8.63. The van der Waals surface area contributed by atoms with Crippen molar-refractivity contribution in [1.82, 2.24) is 24.7 Å². The molecular formula is C24H22F4N6O. The lowest BCUT2D eigenvalue weighted by atomic mass is 10.1. The van der Waals surface area contributed by atoms with Gasteiger partial charge in [0.15, 0.2) is 5.65 Å². The molecule has 2 atom stereocenters. The standard InChI is InChI=1S/C24H22F4N6O/c1-12-6-18-21(17-5-4-16(25)7-19(17)26)31-24(32-22(18)30-14(12)3)33-9-13(2)35-20(11-33)15-8-29-34(10-15)23(27)28/h4-8,10,13,20,23H,9,11H2,1-3H3/t13-,20+/m1/s1. The van der Waals surface area contributed by atoms with E-state index in [1.807, 2.05) is 31.7 Å². The summed E-state index contributed by atoms with van der Waals surface area (Å²) in [5, 5.41) is 4.24. The molecule has 1 fully saturated rings. The van der Waals surface area contributed by atoms with E-state index in [0.29, 0.717) is 33.5 Å². The first-order valence-electron chi connectivity index (χ1n) is 11.0. The van der Waals surface area contributed by atoms with Gasteiger partial charge in [0.1, 0.15) is 17.7 Å². The van der Waals surface area contributed by atoms with E-state index in [0.717, 1.165) is 17.3 Å². The van der Waals surface area contributed by atoms with Gasteiger partial charge in [-0.1, -0.05) is 0 Å². The van der Waals surface area contributed by atoms with Crippen LogP contribution in [0.4, 0.5) is 23.5 Å². The van der Waals surface area contributed by atoms with E-state index in [2.05, 4.69) is 20.1 Å². The van der Waals surface area contributed by atoms with Crippen LogP contribution in [0.1, 0.15) is 36.4 Å². The quantitative estimate of drug-likeness (QED) is 0.372. The molecule has 5 rings (SSSR count). The number of nitrogens with zero attached hydrogens (tertiary/aromatic N) is 6. The Labute approximate surface area is 198 Å². The van der Waals surface area contributed by atoms with Crippen LogP contribution in [0.5, 0.6) is 0 Å². The van der Waals surface area contributed by atoms with E-state index in [9.17, 15) is 17.6 Å². The third kappa shape index (κ3) is 4.43. The summed E-state index contributed by atoms with van der Waals surface area (Å²) in [5.41, 5.74) is 2.93. The minimum atomic E-state index is -2.75. The molecule has 1 aromatic carbocycles. The molecule has 0 radical (unpaired) electrons. The summed E-state index contributed by atoms with van der Waals surface area (Å²) in [6.45, 7) is 3.51. The number of aromatic nitrogens is 5. The van der Waals surface area contributed by atoms with Gasteiger partial charge in [-0.15, -0.1) is 0 Å². The molecular weight excluding hydrogens is 464 g/mol. The Balaban J connectivity index is 1.60. The third-order valence-electron chi connectivity index (χ3n) is 6.04. The van der Waals surface area contributed by atoms with Gasteiger partial charge in [-0.2, -0.15) is 18.9 Å². The second-order valence-corrected chi connectivity index (χ2v) is 8.63. The maximum Gasteiger partial charge on any atom is 0.333 e. The number of pyridine rings is 1. The van der Waals surface area contributed by atoms with Crippen LogP contribution in [0.25, 0.3) is 22.3 Å². The first-order valence-corrected chi connectivity index (χ1v) is 11.0. The molecule has 35 heavy (non-hydrogen) atoms. The first-order chi connectivity index (χ1) is 16.7. The number of anilines is 1. The summed E-state index contributed by atoms with van der Waals surface area (Å²) in [4.78, 5) is 15.7. The number of alkyl halides is 2. The van der Waals surface area contributed by atoms with Gasteiger partial charge in [-0.3, -0.25) is 0 Å². The summed E-state index contributed by atoms with van der Waals surface area (Å²) < 4.78 is 61.0. The number of fused-ring (bicyclic) bond motifs is 1. The topological polar surface area (TPSA) is 69.0 Å². The Bertz CT molecular complexity index is 1410. The number of halogens is 4. The number of morpholine rings is 1. The maximum absolute atomic E-state index is 14.8. The van der Waals surface area contributed by atoms with E-state index < -0.39 is 24.3 Å². The van der Waals surface area contributed by atoms with E-state index in [1.54, 1.807) is 0 Å². The molecule has 182 valence electrons. The average molecular weight is 486 g/mol. The van der Waals surface area contributed by atoms with Gasteiger partial charge in [0.25, 0.3) is 0 Å². The van der Waals surface area contributed by atoms with Crippen molar-refractivity contribution in [1.29, 1.82) is 0 Å².